The molecule has 3 fully saturated rings. The Morgan fingerprint density at radius 2 is 1.77 bits per heavy atom. The van der Waals surface area contributed by atoms with Gasteiger partial charge in [-0.3, -0.25) is 24.2 Å². The highest BCUT2D eigenvalue weighted by Crippen LogP contribution is 2.54. The minimum Gasteiger partial charge on any atom is -0.508 e. The second-order valence-electron chi connectivity index (χ2n) is 11.4. The summed E-state index contributed by atoms with van der Waals surface area (Å²) in [5, 5.41) is 13.6. The van der Waals surface area contributed by atoms with Crippen molar-refractivity contribution in [1.82, 2.24) is 20.1 Å². The lowest BCUT2D eigenvalue weighted by molar-refractivity contribution is -0.139. The number of nitrogens with zero attached hydrogens (tertiary/aromatic N) is 3. The van der Waals surface area contributed by atoms with Gasteiger partial charge in [-0.15, -0.1) is 0 Å². The molecule has 0 radical (unpaired) electrons. The van der Waals surface area contributed by atoms with E-state index in [1.807, 2.05) is 12.1 Å². The van der Waals surface area contributed by atoms with Crippen LogP contribution in [0.3, 0.4) is 0 Å². The van der Waals surface area contributed by atoms with Crippen molar-refractivity contribution in [2.45, 2.75) is 36.4 Å². The number of rotatable bonds is 5. The molecular weight excluding hydrogens is 612 g/mol. The molecule has 216 valence electrons. The highest BCUT2D eigenvalue weighted by molar-refractivity contribution is 9.10. The third-order valence-electron chi connectivity index (χ3n) is 8.86. The van der Waals surface area contributed by atoms with Gasteiger partial charge in [0.2, 0.25) is 5.91 Å². The van der Waals surface area contributed by atoms with Crippen LogP contribution in [0.2, 0.25) is 0 Å². The van der Waals surface area contributed by atoms with Crippen molar-refractivity contribution >= 4 is 50.3 Å². The number of carbonyl (C=O) groups is 4. The third kappa shape index (κ3) is 4.66. The maximum atomic E-state index is 14.4. The first-order chi connectivity index (χ1) is 20.7. The summed E-state index contributed by atoms with van der Waals surface area (Å²) >= 11 is 3.40. The molecule has 1 unspecified atom stereocenters. The minimum atomic E-state index is -1.26. The maximum Gasteiger partial charge on any atom is 0.254 e. The Kier molecular flexibility index (Phi) is 6.54. The molecule has 1 saturated carbocycles. The van der Waals surface area contributed by atoms with E-state index >= 15 is 0 Å². The molecule has 1 aromatic heterocycles. The van der Waals surface area contributed by atoms with Crippen LogP contribution in [-0.2, 0) is 9.59 Å². The van der Waals surface area contributed by atoms with Crippen LogP contribution >= 0.6 is 15.9 Å². The summed E-state index contributed by atoms with van der Waals surface area (Å²) in [6.45, 7) is 0.212. The topological polar surface area (TPSA) is 120 Å². The number of halogens is 1. The molecule has 0 spiro atoms. The van der Waals surface area contributed by atoms with Crippen molar-refractivity contribution in [2.75, 3.05) is 13.1 Å². The van der Waals surface area contributed by atoms with Gasteiger partial charge in [0, 0.05) is 39.6 Å². The van der Waals surface area contributed by atoms with Gasteiger partial charge in [0.15, 0.2) is 5.78 Å². The summed E-state index contributed by atoms with van der Waals surface area (Å²) in [4.78, 5) is 62.3. The predicted molar refractivity (Wildman–Crippen MR) is 161 cm³/mol. The molecule has 3 aliphatic rings. The number of amides is 3. The number of pyridine rings is 1. The van der Waals surface area contributed by atoms with E-state index in [4.69, 9.17) is 0 Å². The molecule has 9 nitrogen and oxygen atoms in total. The van der Waals surface area contributed by atoms with Crippen molar-refractivity contribution in [3.8, 4) is 5.75 Å². The van der Waals surface area contributed by atoms with Crippen LogP contribution in [0.15, 0.2) is 89.5 Å². The molecule has 4 atom stereocenters. The zero-order chi connectivity index (χ0) is 29.9. The Morgan fingerprint density at radius 3 is 2.56 bits per heavy atom. The van der Waals surface area contributed by atoms with E-state index < -0.39 is 23.5 Å². The van der Waals surface area contributed by atoms with E-state index in [9.17, 15) is 24.3 Å². The van der Waals surface area contributed by atoms with Crippen molar-refractivity contribution in [3.63, 3.8) is 0 Å². The van der Waals surface area contributed by atoms with Gasteiger partial charge in [-0.25, -0.2) is 0 Å². The number of aromatic hydroxyl groups is 1. The number of phenolic OH excluding ortho intramolecular Hbond substituents is 1. The molecule has 7 rings (SSSR count). The molecule has 3 aromatic carbocycles. The molecule has 2 N–H and O–H groups in total. The molecular formula is C33H27BrN4O5. The average molecular weight is 640 g/mol. The lowest BCUT2D eigenvalue weighted by atomic mass is 10.0. The van der Waals surface area contributed by atoms with E-state index in [0.29, 0.717) is 30.5 Å². The number of phenols is 1. The van der Waals surface area contributed by atoms with Crippen LogP contribution in [0.25, 0.3) is 10.9 Å². The third-order valence-corrected chi connectivity index (χ3v) is 9.35. The number of hydrogen-bond acceptors (Lipinski definition) is 6. The van der Waals surface area contributed by atoms with Crippen molar-refractivity contribution in [3.05, 3.63) is 106 Å². The van der Waals surface area contributed by atoms with Crippen LogP contribution < -0.4 is 5.32 Å². The summed E-state index contributed by atoms with van der Waals surface area (Å²) in [5.74, 6) is -1.41. The fraction of sp³-hybridized carbons (Fsp3) is 0.242. The molecule has 3 heterocycles. The molecule has 0 bridgehead atoms. The van der Waals surface area contributed by atoms with E-state index in [-0.39, 0.29) is 35.8 Å². The standard InChI is InChI=1S/C33H27BrN4O5/c34-23-5-1-3-21(16-23)30(41)36-33(17-25(33)19-6-9-24(39)10-7-19)32(43)37-14-12-27-29(37)28(40)18-38(27)31(42)22-8-11-26-20(15-22)4-2-13-35-26/h1-11,13,15-16,25,27,29,39H,12,14,17-18H2,(H,36,41)/t25?,27-,29+,33+/m1/s1. The summed E-state index contributed by atoms with van der Waals surface area (Å²) in [6, 6.07) is 21.3. The van der Waals surface area contributed by atoms with Crippen molar-refractivity contribution in [1.29, 1.82) is 0 Å². The number of ketones is 1. The average Bonchev–Trinajstić information content (AvgIpc) is 3.41. The molecule has 2 aliphatic heterocycles. The van der Waals surface area contributed by atoms with Gasteiger partial charge < -0.3 is 20.2 Å². The van der Waals surface area contributed by atoms with E-state index in [1.54, 1.807) is 82.7 Å². The van der Waals surface area contributed by atoms with E-state index in [2.05, 4.69) is 26.2 Å². The van der Waals surface area contributed by atoms with Crippen LogP contribution in [0.4, 0.5) is 0 Å². The van der Waals surface area contributed by atoms with Gasteiger partial charge in [0.05, 0.1) is 18.1 Å². The van der Waals surface area contributed by atoms with E-state index in [0.717, 1.165) is 20.9 Å². The Morgan fingerprint density at radius 1 is 0.953 bits per heavy atom. The first-order valence-electron chi connectivity index (χ1n) is 14.1. The minimum absolute atomic E-state index is 0.0815. The molecule has 1 aliphatic carbocycles. The van der Waals surface area contributed by atoms with Crippen molar-refractivity contribution in [2.24, 2.45) is 0 Å². The number of Topliss-reactive ketones (excluding diaryl/α,β-unsaturated/α-hetero) is 1. The molecule has 3 amide bonds. The number of benzene rings is 3. The van der Waals surface area contributed by atoms with E-state index in [1.165, 1.54) is 0 Å². The molecule has 10 heteroatoms. The molecule has 43 heavy (non-hydrogen) atoms. The highest BCUT2D eigenvalue weighted by Gasteiger charge is 2.65. The van der Waals surface area contributed by atoms with Gasteiger partial charge in [0.1, 0.15) is 17.3 Å². The highest BCUT2D eigenvalue weighted by atomic mass is 79.9. The summed E-state index contributed by atoms with van der Waals surface area (Å²) in [6.07, 6.45) is 2.51. The van der Waals surface area contributed by atoms with Crippen LogP contribution in [-0.4, -0.2) is 74.1 Å². The number of likely N-dealkylation sites (tertiary alicyclic amines) is 2. The van der Waals surface area contributed by atoms with Gasteiger partial charge >= 0.3 is 0 Å². The van der Waals surface area contributed by atoms with Crippen LogP contribution in [0.1, 0.15) is 45.0 Å². The monoisotopic (exact) mass is 638 g/mol. The first kappa shape index (κ1) is 27.3. The zero-order valence-electron chi connectivity index (χ0n) is 22.9. The Labute approximate surface area is 255 Å². The number of fused-ring (bicyclic) bond motifs is 2. The summed E-state index contributed by atoms with van der Waals surface area (Å²) < 4.78 is 0.734. The number of nitrogens with one attached hydrogen (secondary N) is 1. The molecule has 2 saturated heterocycles. The smallest absolute Gasteiger partial charge is 0.254 e. The Bertz CT molecular complexity index is 1810. The van der Waals surface area contributed by atoms with Gasteiger partial charge in [-0.1, -0.05) is 40.2 Å². The Balaban J connectivity index is 1.16. The number of aromatic nitrogens is 1. The fourth-order valence-electron chi connectivity index (χ4n) is 6.65. The first-order valence-corrected chi connectivity index (χ1v) is 14.9. The van der Waals surface area contributed by atoms with Crippen LogP contribution in [0.5, 0.6) is 5.75 Å². The second kappa shape index (κ2) is 10.3. The number of hydrogen-bond donors (Lipinski definition) is 2. The number of carbonyl (C=O) groups excluding carboxylic acids is 4. The maximum absolute atomic E-state index is 14.4. The normalized spacial score (nSPS) is 24.2. The summed E-state index contributed by atoms with van der Waals surface area (Å²) in [7, 11) is 0. The lowest BCUT2D eigenvalue weighted by Gasteiger charge is -2.29. The van der Waals surface area contributed by atoms with Gasteiger partial charge in [-0.05, 0) is 73.0 Å². The summed E-state index contributed by atoms with van der Waals surface area (Å²) in [5.41, 5.74) is 1.18. The van der Waals surface area contributed by atoms with Crippen LogP contribution in [0, 0.1) is 0 Å². The SMILES string of the molecule is O=C(N[C@@]1(C(=O)N2CC[C@@H]3[C@H]2C(=O)CN3C(=O)c2ccc3ncccc3c2)CC1c1ccc(O)cc1)c1cccc(Br)c1. The van der Waals surface area contributed by atoms with Gasteiger partial charge in [0.25, 0.3) is 11.8 Å². The van der Waals surface area contributed by atoms with Gasteiger partial charge in [-0.2, -0.15) is 0 Å². The largest absolute Gasteiger partial charge is 0.508 e. The second-order valence-corrected chi connectivity index (χ2v) is 12.3. The predicted octanol–water partition coefficient (Wildman–Crippen LogP) is 4.05. The zero-order valence-corrected chi connectivity index (χ0v) is 24.5. The Hall–Kier alpha value is -4.57. The molecule has 4 aromatic rings. The quantitative estimate of drug-likeness (QED) is 0.340. The van der Waals surface area contributed by atoms with Crippen molar-refractivity contribution < 1.29 is 24.3 Å². The fourth-order valence-corrected chi connectivity index (χ4v) is 7.05. The lowest BCUT2D eigenvalue weighted by Crippen LogP contribution is -2.55.